The van der Waals surface area contributed by atoms with Gasteiger partial charge in [0.2, 0.25) is 5.91 Å². The maximum Gasteiger partial charge on any atom is 0.240 e. The molecule has 3 N–H and O–H groups in total. The predicted octanol–water partition coefficient (Wildman–Crippen LogP) is 1.27. The van der Waals surface area contributed by atoms with Gasteiger partial charge < -0.3 is 11.1 Å². The fourth-order valence-corrected chi connectivity index (χ4v) is 3.49. The molecule has 15 heavy (non-hydrogen) atoms. The van der Waals surface area contributed by atoms with Crippen LogP contribution >= 0.6 is 11.8 Å². The van der Waals surface area contributed by atoms with E-state index >= 15 is 0 Å². The number of carbonyl (C=O) groups is 1. The van der Waals surface area contributed by atoms with Crippen LogP contribution in [0.25, 0.3) is 0 Å². The fraction of sp³-hybridized carbons (Fsp3) is 0.909. The second-order valence-electron chi connectivity index (χ2n) is 4.75. The Bertz CT molecular complexity index is 233. The molecule has 1 atom stereocenters. The Kier molecular flexibility index (Phi) is 3.57. The Hall–Kier alpha value is -0.220. The molecule has 0 aromatic rings. The lowest BCUT2D eigenvalue weighted by molar-refractivity contribution is -0.126. The van der Waals surface area contributed by atoms with E-state index in [1.165, 1.54) is 12.2 Å². The highest BCUT2D eigenvalue weighted by atomic mass is 32.2. The van der Waals surface area contributed by atoms with Crippen LogP contribution in [0.4, 0.5) is 0 Å². The summed E-state index contributed by atoms with van der Waals surface area (Å²) in [7, 11) is 0. The average molecular weight is 228 g/mol. The van der Waals surface area contributed by atoms with E-state index < -0.39 is 5.54 Å². The van der Waals surface area contributed by atoms with Gasteiger partial charge in [0.05, 0.1) is 5.54 Å². The van der Waals surface area contributed by atoms with Gasteiger partial charge in [-0.2, -0.15) is 11.8 Å². The van der Waals surface area contributed by atoms with Crippen LogP contribution in [0.3, 0.4) is 0 Å². The highest BCUT2D eigenvalue weighted by Gasteiger charge is 2.37. The van der Waals surface area contributed by atoms with Gasteiger partial charge in [0, 0.05) is 11.8 Å². The third-order valence-corrected chi connectivity index (χ3v) is 4.66. The van der Waals surface area contributed by atoms with E-state index in [0.29, 0.717) is 6.04 Å². The molecular formula is C11H20N2OS. The molecule has 0 radical (unpaired) electrons. The summed E-state index contributed by atoms with van der Waals surface area (Å²) in [6.45, 7) is 0. The maximum atomic E-state index is 12.0. The SMILES string of the molecule is NC1(C(=O)NC2CCCSC2)CCCC1. The van der Waals surface area contributed by atoms with E-state index in [-0.39, 0.29) is 5.91 Å². The molecule has 1 amide bonds. The van der Waals surface area contributed by atoms with Gasteiger partial charge in [-0.3, -0.25) is 4.79 Å². The van der Waals surface area contributed by atoms with Gasteiger partial charge in [0.15, 0.2) is 0 Å². The summed E-state index contributed by atoms with van der Waals surface area (Å²) >= 11 is 1.93. The second kappa shape index (κ2) is 4.74. The highest BCUT2D eigenvalue weighted by molar-refractivity contribution is 7.99. The Morgan fingerprint density at radius 1 is 1.33 bits per heavy atom. The molecule has 0 aromatic carbocycles. The number of hydrogen-bond acceptors (Lipinski definition) is 3. The standard InChI is InChI=1S/C11H20N2OS/c12-11(5-1-2-6-11)10(14)13-9-4-3-7-15-8-9/h9H,1-8,12H2,(H,13,14). The average Bonchev–Trinajstić information content (AvgIpc) is 2.68. The lowest BCUT2D eigenvalue weighted by Gasteiger charge is -2.28. The van der Waals surface area contributed by atoms with E-state index in [2.05, 4.69) is 5.32 Å². The topological polar surface area (TPSA) is 55.1 Å². The molecule has 1 aliphatic heterocycles. The molecule has 0 spiro atoms. The van der Waals surface area contributed by atoms with Crippen LogP contribution in [0.1, 0.15) is 38.5 Å². The fourth-order valence-electron chi connectivity index (χ4n) is 2.42. The van der Waals surface area contributed by atoms with Gasteiger partial charge in [-0.15, -0.1) is 0 Å². The Morgan fingerprint density at radius 2 is 2.07 bits per heavy atom. The maximum absolute atomic E-state index is 12.0. The molecule has 2 rings (SSSR count). The smallest absolute Gasteiger partial charge is 0.240 e. The first-order valence-electron chi connectivity index (χ1n) is 5.88. The molecule has 86 valence electrons. The summed E-state index contributed by atoms with van der Waals surface area (Å²) in [6, 6.07) is 0.359. The van der Waals surface area contributed by atoms with Crippen LogP contribution < -0.4 is 11.1 Å². The molecule has 0 bridgehead atoms. The van der Waals surface area contributed by atoms with Crippen molar-refractivity contribution in [2.24, 2.45) is 5.73 Å². The molecule has 1 aliphatic carbocycles. The van der Waals surface area contributed by atoms with Crippen molar-refractivity contribution in [3.63, 3.8) is 0 Å². The molecule has 0 aromatic heterocycles. The zero-order valence-electron chi connectivity index (χ0n) is 9.13. The number of amides is 1. The van der Waals surface area contributed by atoms with E-state index in [9.17, 15) is 4.79 Å². The van der Waals surface area contributed by atoms with Crippen LogP contribution in [-0.4, -0.2) is 29.0 Å². The van der Waals surface area contributed by atoms with Crippen LogP contribution in [0.2, 0.25) is 0 Å². The second-order valence-corrected chi connectivity index (χ2v) is 5.90. The normalized spacial score (nSPS) is 30.1. The number of hydrogen-bond donors (Lipinski definition) is 2. The van der Waals surface area contributed by atoms with Crippen molar-refractivity contribution in [3.05, 3.63) is 0 Å². The van der Waals surface area contributed by atoms with Crippen molar-refractivity contribution in [2.45, 2.75) is 50.1 Å². The summed E-state index contributed by atoms with van der Waals surface area (Å²) < 4.78 is 0. The number of rotatable bonds is 2. The van der Waals surface area contributed by atoms with Crippen LogP contribution in [0, 0.1) is 0 Å². The Morgan fingerprint density at radius 3 is 2.67 bits per heavy atom. The van der Waals surface area contributed by atoms with Gasteiger partial charge in [-0.1, -0.05) is 12.8 Å². The largest absolute Gasteiger partial charge is 0.351 e. The molecule has 3 nitrogen and oxygen atoms in total. The predicted molar refractivity (Wildman–Crippen MR) is 63.9 cm³/mol. The van der Waals surface area contributed by atoms with E-state index in [1.807, 2.05) is 11.8 Å². The van der Waals surface area contributed by atoms with Crippen LogP contribution in [-0.2, 0) is 4.79 Å². The molecule has 1 saturated heterocycles. The molecule has 1 heterocycles. The lowest BCUT2D eigenvalue weighted by Crippen LogP contribution is -2.55. The van der Waals surface area contributed by atoms with Gasteiger partial charge in [0.1, 0.15) is 0 Å². The number of thioether (sulfide) groups is 1. The lowest BCUT2D eigenvalue weighted by atomic mass is 9.97. The summed E-state index contributed by atoms with van der Waals surface area (Å²) in [4.78, 5) is 12.0. The van der Waals surface area contributed by atoms with E-state index in [4.69, 9.17) is 5.73 Å². The van der Waals surface area contributed by atoms with Crippen molar-refractivity contribution >= 4 is 17.7 Å². The van der Waals surface area contributed by atoms with Crippen LogP contribution in [0.5, 0.6) is 0 Å². The first-order chi connectivity index (χ1) is 7.21. The van der Waals surface area contributed by atoms with Crippen molar-refractivity contribution in [2.75, 3.05) is 11.5 Å². The van der Waals surface area contributed by atoms with Gasteiger partial charge >= 0.3 is 0 Å². The van der Waals surface area contributed by atoms with Gasteiger partial charge in [-0.25, -0.2) is 0 Å². The molecule has 4 heteroatoms. The third kappa shape index (κ3) is 2.67. The first-order valence-corrected chi connectivity index (χ1v) is 7.04. The van der Waals surface area contributed by atoms with Crippen molar-refractivity contribution in [3.8, 4) is 0 Å². The number of nitrogens with two attached hydrogens (primary N) is 1. The molecule has 1 unspecified atom stereocenters. The van der Waals surface area contributed by atoms with Crippen molar-refractivity contribution in [1.29, 1.82) is 0 Å². The number of carbonyl (C=O) groups excluding carboxylic acids is 1. The quantitative estimate of drug-likeness (QED) is 0.748. The minimum atomic E-state index is -0.553. The third-order valence-electron chi connectivity index (χ3n) is 3.44. The van der Waals surface area contributed by atoms with Gasteiger partial charge in [-0.05, 0) is 31.4 Å². The monoisotopic (exact) mass is 228 g/mol. The number of nitrogens with one attached hydrogen (secondary N) is 1. The summed E-state index contributed by atoms with van der Waals surface area (Å²) in [5, 5.41) is 3.12. The molecule has 2 fully saturated rings. The zero-order valence-corrected chi connectivity index (χ0v) is 9.94. The van der Waals surface area contributed by atoms with Crippen LogP contribution in [0.15, 0.2) is 0 Å². The molecule has 1 saturated carbocycles. The Labute approximate surface area is 95.6 Å². The van der Waals surface area contributed by atoms with Crippen molar-refractivity contribution in [1.82, 2.24) is 5.32 Å². The van der Waals surface area contributed by atoms with E-state index in [1.54, 1.807) is 0 Å². The van der Waals surface area contributed by atoms with Gasteiger partial charge in [0.25, 0.3) is 0 Å². The summed E-state index contributed by atoms with van der Waals surface area (Å²) in [5.41, 5.74) is 5.55. The molecule has 2 aliphatic rings. The molecular weight excluding hydrogens is 208 g/mol. The van der Waals surface area contributed by atoms with E-state index in [0.717, 1.165) is 37.9 Å². The minimum Gasteiger partial charge on any atom is -0.351 e. The minimum absolute atomic E-state index is 0.0903. The Balaban J connectivity index is 1.85. The zero-order chi connectivity index (χ0) is 10.7. The summed E-state index contributed by atoms with van der Waals surface area (Å²) in [6.07, 6.45) is 6.26. The summed E-state index contributed by atoms with van der Waals surface area (Å²) in [5.74, 6) is 2.38. The highest BCUT2D eigenvalue weighted by Crippen LogP contribution is 2.28. The first kappa shape index (κ1) is 11.3. The van der Waals surface area contributed by atoms with Crippen molar-refractivity contribution < 1.29 is 4.79 Å².